The first-order chi connectivity index (χ1) is 12.2. The van der Waals surface area contributed by atoms with Crippen LogP contribution in [0.2, 0.25) is 0 Å². The van der Waals surface area contributed by atoms with Crippen LogP contribution in [0.5, 0.6) is 5.75 Å². The quantitative estimate of drug-likeness (QED) is 0.707. The van der Waals surface area contributed by atoms with Crippen molar-refractivity contribution in [2.45, 2.75) is 19.6 Å². The Kier molecular flexibility index (Phi) is 5.47. The molecule has 0 aromatic heterocycles. The summed E-state index contributed by atoms with van der Waals surface area (Å²) < 4.78 is 5.79. The Labute approximate surface area is 148 Å². The normalized spacial score (nSPS) is 11.6. The zero-order valence-electron chi connectivity index (χ0n) is 14.2. The van der Waals surface area contributed by atoms with Gasteiger partial charge in [-0.2, -0.15) is 0 Å². The van der Waals surface area contributed by atoms with Crippen LogP contribution in [0.3, 0.4) is 0 Å². The van der Waals surface area contributed by atoms with E-state index in [1.54, 1.807) is 12.1 Å². The van der Waals surface area contributed by atoms with Crippen LogP contribution in [-0.4, -0.2) is 5.91 Å². The van der Waals surface area contributed by atoms with Crippen molar-refractivity contribution in [2.75, 3.05) is 0 Å². The Bertz CT molecular complexity index is 816. The number of carbonyl (C=O) groups excluding carboxylic acids is 1. The van der Waals surface area contributed by atoms with Crippen LogP contribution in [0.25, 0.3) is 0 Å². The topological polar surface area (TPSA) is 38.3 Å². The van der Waals surface area contributed by atoms with Gasteiger partial charge in [0.05, 0.1) is 6.04 Å². The van der Waals surface area contributed by atoms with E-state index in [1.807, 2.05) is 79.7 Å². The predicted octanol–water partition coefficient (Wildman–Crippen LogP) is 4.76. The number of hydrogen-bond acceptors (Lipinski definition) is 2. The Hall–Kier alpha value is -3.07. The molecule has 3 heteroatoms. The van der Waals surface area contributed by atoms with Gasteiger partial charge in [0.25, 0.3) is 5.91 Å². The summed E-state index contributed by atoms with van der Waals surface area (Å²) in [6.07, 6.45) is 0. The molecule has 1 amide bonds. The molecule has 0 saturated heterocycles. The molecule has 0 aliphatic carbocycles. The highest BCUT2D eigenvalue weighted by Gasteiger charge is 2.11. The molecule has 1 N–H and O–H groups in total. The molecule has 25 heavy (non-hydrogen) atoms. The molecule has 3 aromatic rings. The zero-order chi connectivity index (χ0) is 17.5. The molecular weight excluding hydrogens is 310 g/mol. The highest BCUT2D eigenvalue weighted by molar-refractivity contribution is 5.94. The van der Waals surface area contributed by atoms with Gasteiger partial charge in [0.1, 0.15) is 12.4 Å². The summed E-state index contributed by atoms with van der Waals surface area (Å²) in [5.41, 5.74) is 2.76. The predicted molar refractivity (Wildman–Crippen MR) is 99.5 cm³/mol. The Morgan fingerprint density at radius 1 is 0.920 bits per heavy atom. The monoisotopic (exact) mass is 331 g/mol. The van der Waals surface area contributed by atoms with Crippen molar-refractivity contribution in [1.29, 1.82) is 0 Å². The third kappa shape index (κ3) is 4.70. The van der Waals surface area contributed by atoms with Crippen LogP contribution in [0, 0.1) is 0 Å². The van der Waals surface area contributed by atoms with Crippen molar-refractivity contribution in [1.82, 2.24) is 5.32 Å². The average Bonchev–Trinajstić information content (AvgIpc) is 2.68. The van der Waals surface area contributed by atoms with E-state index < -0.39 is 0 Å². The maximum absolute atomic E-state index is 12.5. The van der Waals surface area contributed by atoms with E-state index in [1.165, 1.54) is 0 Å². The summed E-state index contributed by atoms with van der Waals surface area (Å²) in [6.45, 7) is 2.45. The summed E-state index contributed by atoms with van der Waals surface area (Å²) in [5, 5.41) is 3.02. The van der Waals surface area contributed by atoms with E-state index in [9.17, 15) is 4.79 Å². The third-order valence-electron chi connectivity index (χ3n) is 3.99. The first kappa shape index (κ1) is 16.8. The van der Waals surface area contributed by atoms with Gasteiger partial charge in [-0.3, -0.25) is 4.79 Å². The number of hydrogen-bond donors (Lipinski definition) is 1. The lowest BCUT2D eigenvalue weighted by atomic mass is 10.1. The minimum Gasteiger partial charge on any atom is -0.489 e. The van der Waals surface area contributed by atoms with Crippen molar-refractivity contribution in [3.63, 3.8) is 0 Å². The van der Waals surface area contributed by atoms with Crippen molar-refractivity contribution in [2.24, 2.45) is 0 Å². The van der Waals surface area contributed by atoms with Gasteiger partial charge in [-0.1, -0.05) is 66.7 Å². The fourth-order valence-electron chi connectivity index (χ4n) is 2.57. The highest BCUT2D eigenvalue weighted by atomic mass is 16.5. The van der Waals surface area contributed by atoms with Gasteiger partial charge >= 0.3 is 0 Å². The van der Waals surface area contributed by atoms with Crippen LogP contribution in [-0.2, 0) is 6.61 Å². The van der Waals surface area contributed by atoms with Crippen LogP contribution < -0.4 is 10.1 Å². The smallest absolute Gasteiger partial charge is 0.251 e. The lowest BCUT2D eigenvalue weighted by Crippen LogP contribution is -2.26. The number of rotatable bonds is 6. The fraction of sp³-hybridized carbons (Fsp3) is 0.136. The van der Waals surface area contributed by atoms with E-state index in [4.69, 9.17) is 4.74 Å². The van der Waals surface area contributed by atoms with Gasteiger partial charge in [0.2, 0.25) is 0 Å². The third-order valence-corrected chi connectivity index (χ3v) is 3.99. The molecule has 0 bridgehead atoms. The Balaban J connectivity index is 1.63. The lowest BCUT2D eigenvalue weighted by molar-refractivity contribution is 0.0939. The second kappa shape index (κ2) is 8.15. The molecule has 0 saturated carbocycles. The van der Waals surface area contributed by atoms with Gasteiger partial charge in [0.15, 0.2) is 0 Å². The van der Waals surface area contributed by atoms with E-state index in [0.717, 1.165) is 11.1 Å². The van der Waals surface area contributed by atoms with Gasteiger partial charge in [0, 0.05) is 5.56 Å². The zero-order valence-corrected chi connectivity index (χ0v) is 14.2. The molecular formula is C22H21NO2. The van der Waals surface area contributed by atoms with Crippen LogP contribution in [0.1, 0.15) is 34.5 Å². The van der Waals surface area contributed by atoms with Crippen molar-refractivity contribution in [3.05, 3.63) is 102 Å². The van der Waals surface area contributed by atoms with Crippen molar-refractivity contribution in [3.8, 4) is 5.75 Å². The first-order valence-corrected chi connectivity index (χ1v) is 8.35. The van der Waals surface area contributed by atoms with Gasteiger partial charge in [-0.15, -0.1) is 0 Å². The molecule has 0 heterocycles. The van der Waals surface area contributed by atoms with Gasteiger partial charge < -0.3 is 10.1 Å². The van der Waals surface area contributed by atoms with Crippen LogP contribution in [0.4, 0.5) is 0 Å². The second-order valence-corrected chi connectivity index (χ2v) is 5.91. The first-order valence-electron chi connectivity index (χ1n) is 8.35. The number of nitrogens with one attached hydrogen (secondary N) is 1. The van der Waals surface area contributed by atoms with E-state index >= 15 is 0 Å². The summed E-state index contributed by atoms with van der Waals surface area (Å²) >= 11 is 0. The number of amides is 1. The molecule has 0 fully saturated rings. The van der Waals surface area contributed by atoms with Crippen LogP contribution in [0.15, 0.2) is 84.9 Å². The van der Waals surface area contributed by atoms with Gasteiger partial charge in [-0.05, 0) is 36.2 Å². The summed E-state index contributed by atoms with van der Waals surface area (Å²) in [4.78, 5) is 12.5. The molecule has 0 aliphatic rings. The van der Waals surface area contributed by atoms with Crippen LogP contribution >= 0.6 is 0 Å². The van der Waals surface area contributed by atoms with E-state index in [-0.39, 0.29) is 11.9 Å². The average molecular weight is 331 g/mol. The fourth-order valence-corrected chi connectivity index (χ4v) is 2.57. The Morgan fingerprint density at radius 3 is 2.32 bits per heavy atom. The van der Waals surface area contributed by atoms with E-state index in [0.29, 0.717) is 17.9 Å². The SMILES string of the molecule is C[C@H](NC(=O)c1cccc(OCc2ccccc2)c1)c1ccccc1. The molecule has 3 rings (SSSR count). The molecule has 0 spiro atoms. The summed E-state index contributed by atoms with van der Waals surface area (Å²) in [5.74, 6) is 0.574. The number of benzene rings is 3. The van der Waals surface area contributed by atoms with E-state index in [2.05, 4.69) is 5.32 Å². The molecule has 0 radical (unpaired) electrons. The highest BCUT2D eigenvalue weighted by Crippen LogP contribution is 2.17. The number of ether oxygens (including phenoxy) is 1. The lowest BCUT2D eigenvalue weighted by Gasteiger charge is -2.15. The molecule has 0 aliphatic heterocycles. The van der Waals surface area contributed by atoms with Crippen molar-refractivity contribution < 1.29 is 9.53 Å². The maximum atomic E-state index is 12.5. The molecule has 3 aromatic carbocycles. The largest absolute Gasteiger partial charge is 0.489 e. The molecule has 1 atom stereocenters. The molecule has 0 unspecified atom stereocenters. The summed E-state index contributed by atoms with van der Waals surface area (Å²) in [6, 6.07) is 27.1. The summed E-state index contributed by atoms with van der Waals surface area (Å²) in [7, 11) is 0. The second-order valence-electron chi connectivity index (χ2n) is 5.91. The van der Waals surface area contributed by atoms with Gasteiger partial charge in [-0.25, -0.2) is 0 Å². The maximum Gasteiger partial charge on any atom is 0.251 e. The Morgan fingerprint density at radius 2 is 1.60 bits per heavy atom. The minimum atomic E-state index is -0.110. The van der Waals surface area contributed by atoms with Crippen molar-refractivity contribution >= 4 is 5.91 Å². The standard InChI is InChI=1S/C22H21NO2/c1-17(19-11-6-3-7-12-19)23-22(24)20-13-8-14-21(15-20)25-16-18-9-4-2-5-10-18/h2-15,17H,16H2,1H3,(H,23,24)/t17-/m0/s1. The molecule has 3 nitrogen and oxygen atoms in total. The minimum absolute atomic E-state index is 0.0532. The molecule has 126 valence electrons. The number of carbonyl (C=O) groups is 1.